The molecule has 15 heteroatoms. The molecule has 0 unspecified atom stereocenters. The molecule has 4 heterocycles. The smallest absolute Gasteiger partial charge is 0.356 e. The Morgan fingerprint density at radius 3 is 1.91 bits per heavy atom. The lowest BCUT2D eigenvalue weighted by Gasteiger charge is -2.49. The van der Waals surface area contributed by atoms with Gasteiger partial charge in [-0.15, -0.1) is 34.9 Å². The normalized spacial score (nSPS) is 16.2. The van der Waals surface area contributed by atoms with Crippen molar-refractivity contribution in [3.05, 3.63) is 219 Å². The number of carbonyl (C=O) groups is 3. The number of carbonyl (C=O) groups excluding carboxylic acids is 3. The van der Waals surface area contributed by atoms with Crippen molar-refractivity contribution in [1.29, 1.82) is 0 Å². The van der Waals surface area contributed by atoms with E-state index >= 15 is 0 Å². The summed E-state index contributed by atoms with van der Waals surface area (Å²) in [4.78, 5) is 61.2. The summed E-state index contributed by atoms with van der Waals surface area (Å²) in [6, 6.07) is 46.8. The molecule has 2 aliphatic heterocycles. The third kappa shape index (κ3) is 8.44. The highest BCUT2D eigenvalue weighted by Crippen LogP contribution is 2.46. The van der Waals surface area contributed by atoms with E-state index in [4.69, 9.17) is 15.3 Å². The van der Waals surface area contributed by atoms with Crippen LogP contribution < -0.4 is 11.1 Å². The monoisotopic (exact) mass is 903 g/mol. The number of benzene rings is 5. The molecule has 2 amide bonds. The summed E-state index contributed by atoms with van der Waals surface area (Å²) in [7, 11) is 1.90. The van der Waals surface area contributed by atoms with Crippen LogP contribution in [-0.4, -0.2) is 60.1 Å². The Morgan fingerprint density at radius 2 is 1.41 bits per heavy atom. The molecule has 0 saturated carbocycles. The number of fused-ring (bicyclic) bond motifs is 1. The number of nitrogens with zero attached hydrogens (tertiary/aromatic N) is 5. The second-order valence-electron chi connectivity index (χ2n) is 14.9. The first-order valence-electron chi connectivity index (χ1n) is 20.3. The number of anilines is 1. The van der Waals surface area contributed by atoms with Crippen LogP contribution in [-0.2, 0) is 42.4 Å². The van der Waals surface area contributed by atoms with Gasteiger partial charge in [-0.1, -0.05) is 157 Å². The third-order valence-electron chi connectivity index (χ3n) is 10.9. The van der Waals surface area contributed by atoms with E-state index in [1.807, 2.05) is 163 Å². The van der Waals surface area contributed by atoms with E-state index in [1.165, 1.54) is 28.4 Å². The van der Waals surface area contributed by atoms with E-state index in [2.05, 4.69) is 20.4 Å². The van der Waals surface area contributed by atoms with E-state index in [9.17, 15) is 14.4 Å². The van der Waals surface area contributed by atoms with Gasteiger partial charge in [0.05, 0.1) is 6.33 Å². The lowest BCUT2D eigenvalue weighted by molar-refractivity contribution is -0.154. The maximum Gasteiger partial charge on any atom is 0.356 e. The van der Waals surface area contributed by atoms with Gasteiger partial charge in [0.15, 0.2) is 16.9 Å². The Morgan fingerprint density at radius 1 is 0.859 bits per heavy atom. The number of aromatic nitrogens is 3. The average Bonchev–Trinajstić information content (AvgIpc) is 3.98. The first-order valence-corrected chi connectivity index (χ1v) is 23.2. The van der Waals surface area contributed by atoms with E-state index < -0.39 is 40.9 Å². The molecule has 0 radical (unpaired) electrons. The number of aryl methyl sites for hydroxylation is 1. The number of nitrogens with one attached hydrogen (secondary N) is 1. The first kappa shape index (κ1) is 42.4. The van der Waals surface area contributed by atoms with Crippen LogP contribution in [0.3, 0.4) is 0 Å². The number of imidazole rings is 1. The van der Waals surface area contributed by atoms with Crippen molar-refractivity contribution in [3.8, 4) is 0 Å². The number of amides is 2. The molecule has 1 fully saturated rings. The Hall–Kier alpha value is -6.94. The van der Waals surface area contributed by atoms with Gasteiger partial charge in [0.25, 0.3) is 11.8 Å². The van der Waals surface area contributed by atoms with E-state index in [0.29, 0.717) is 16.4 Å². The van der Waals surface area contributed by atoms with Crippen molar-refractivity contribution in [1.82, 2.24) is 24.8 Å². The summed E-state index contributed by atoms with van der Waals surface area (Å²) in [6.45, 7) is 0. The molecule has 0 bridgehead atoms. The lowest BCUT2D eigenvalue weighted by atomic mass is 9.80. The second kappa shape index (κ2) is 18.8. The van der Waals surface area contributed by atoms with Gasteiger partial charge >= 0.3 is 5.97 Å². The fourth-order valence-electron chi connectivity index (χ4n) is 7.72. The van der Waals surface area contributed by atoms with E-state index in [-0.39, 0.29) is 22.2 Å². The molecule has 0 spiro atoms. The summed E-state index contributed by atoms with van der Waals surface area (Å²) < 4.78 is 8.28. The van der Waals surface area contributed by atoms with Crippen molar-refractivity contribution < 1.29 is 24.0 Å². The van der Waals surface area contributed by atoms with Crippen LogP contribution in [0.25, 0.3) is 0 Å². The standard InChI is InChI=1S/C49H41N7O5S3/c1-55-31-51-27-37(55)28-62-39-30-63-46-41(45(58)56(46)42(39)47(59)60-43(32-17-7-2-8-18-32)33-19-9-3-10-20-33)53-44(57)40(38-29-64-48(50)52-38)54-61-49(34-21-11-4-12-22-34,35-23-13-5-14-24-35)36-25-15-6-16-26-36/h2-27,29,31,41,43,46H,28,30H2,1H3,(H2,50,52)(H,53,57)/b54-40-/t41-,46+/m1/s1. The van der Waals surface area contributed by atoms with Gasteiger partial charge < -0.3 is 25.2 Å². The summed E-state index contributed by atoms with van der Waals surface area (Å²) in [5, 5.41) is 8.75. The minimum Gasteiger partial charge on any atom is -0.448 e. The molecule has 9 rings (SSSR count). The van der Waals surface area contributed by atoms with Crippen molar-refractivity contribution in [2.45, 2.75) is 28.9 Å². The molecule has 0 aliphatic carbocycles. The van der Waals surface area contributed by atoms with E-state index in [1.54, 1.807) is 17.9 Å². The predicted molar refractivity (Wildman–Crippen MR) is 251 cm³/mol. The van der Waals surface area contributed by atoms with Crippen LogP contribution in [0, 0.1) is 0 Å². The van der Waals surface area contributed by atoms with Crippen LogP contribution in [0.5, 0.6) is 0 Å². The van der Waals surface area contributed by atoms with Gasteiger partial charge in [0, 0.05) is 57.4 Å². The first-order chi connectivity index (χ1) is 31.3. The molecule has 2 aromatic heterocycles. The van der Waals surface area contributed by atoms with Gasteiger partial charge in [0.2, 0.25) is 5.60 Å². The molecule has 7 aromatic rings. The Bertz CT molecular complexity index is 2690. The highest BCUT2D eigenvalue weighted by Gasteiger charge is 2.55. The third-order valence-corrected chi connectivity index (χ3v) is 14.2. The topological polar surface area (TPSA) is 154 Å². The molecular formula is C49H41N7O5S3. The predicted octanol–water partition coefficient (Wildman–Crippen LogP) is 8.05. The zero-order valence-electron chi connectivity index (χ0n) is 34.4. The fraction of sp³-hybridized carbons (Fsp3) is 0.143. The summed E-state index contributed by atoms with van der Waals surface area (Å²) in [5.41, 5.74) is 9.74. The zero-order chi connectivity index (χ0) is 44.0. The average molecular weight is 904 g/mol. The summed E-state index contributed by atoms with van der Waals surface area (Å²) in [6.07, 6.45) is 2.74. The highest BCUT2D eigenvalue weighted by atomic mass is 32.2. The van der Waals surface area contributed by atoms with Crippen molar-refractivity contribution in [3.63, 3.8) is 0 Å². The Kier molecular flexibility index (Phi) is 12.4. The van der Waals surface area contributed by atoms with Gasteiger partial charge in [-0.25, -0.2) is 14.8 Å². The largest absolute Gasteiger partial charge is 0.448 e. The van der Waals surface area contributed by atoms with Crippen LogP contribution in [0.4, 0.5) is 5.13 Å². The number of nitrogen functional groups attached to an aromatic ring is 1. The van der Waals surface area contributed by atoms with Crippen molar-refractivity contribution >= 4 is 63.5 Å². The molecule has 2 atom stereocenters. The molecule has 12 nitrogen and oxygen atoms in total. The minimum absolute atomic E-state index is 0.145. The number of ether oxygens (including phenoxy) is 1. The molecule has 2 aliphatic rings. The number of hydrogen-bond donors (Lipinski definition) is 2. The SMILES string of the molecule is Cn1cncc1CSC1=C(C(=O)OC(c2ccccc2)c2ccccc2)N2C(=O)[C@@H](NC(=O)/C(=N\OC(c3ccccc3)(c3ccccc3)c3ccccc3)c3csc(N)n3)[C@@H]2SC1. The quantitative estimate of drug-likeness (QED) is 0.0340. The maximum atomic E-state index is 14.6. The number of rotatable bonds is 15. The second-order valence-corrected chi connectivity index (χ2v) is 18.0. The van der Waals surface area contributed by atoms with Crippen LogP contribution in [0.1, 0.15) is 45.3 Å². The number of thioether (sulfide) groups is 2. The molecular weight excluding hydrogens is 863 g/mol. The maximum absolute atomic E-state index is 14.6. The van der Waals surface area contributed by atoms with Crippen LogP contribution in [0.15, 0.2) is 185 Å². The summed E-state index contributed by atoms with van der Waals surface area (Å²) in [5.74, 6) is -0.942. The number of β-lactam (4-membered cyclic amide) rings is 1. The Balaban J connectivity index is 1.04. The number of hydrogen-bond acceptors (Lipinski definition) is 12. The molecule has 1 saturated heterocycles. The number of thiazole rings is 1. The fourth-order valence-corrected chi connectivity index (χ4v) is 10.9. The van der Waals surface area contributed by atoms with Gasteiger partial charge in [-0.05, 0) is 11.1 Å². The number of oxime groups is 1. The zero-order valence-corrected chi connectivity index (χ0v) is 36.8. The highest BCUT2D eigenvalue weighted by molar-refractivity contribution is 8.05. The molecule has 64 heavy (non-hydrogen) atoms. The minimum atomic E-state index is -1.31. The van der Waals surface area contributed by atoms with Crippen molar-refractivity contribution in [2.24, 2.45) is 12.2 Å². The van der Waals surface area contributed by atoms with Gasteiger partial charge in [0.1, 0.15) is 22.8 Å². The number of nitrogens with two attached hydrogens (primary N) is 1. The lowest BCUT2D eigenvalue weighted by Crippen LogP contribution is -2.71. The molecule has 5 aromatic carbocycles. The Labute approximate surface area is 382 Å². The molecule has 3 N–H and O–H groups in total. The van der Waals surface area contributed by atoms with Crippen LogP contribution >= 0.6 is 34.9 Å². The van der Waals surface area contributed by atoms with Gasteiger partial charge in [-0.3, -0.25) is 14.5 Å². The van der Waals surface area contributed by atoms with E-state index in [0.717, 1.165) is 44.8 Å². The van der Waals surface area contributed by atoms with Crippen molar-refractivity contribution in [2.75, 3.05) is 11.5 Å². The van der Waals surface area contributed by atoms with Gasteiger partial charge in [-0.2, -0.15) is 0 Å². The van der Waals surface area contributed by atoms with Crippen LogP contribution in [0.2, 0.25) is 0 Å². The summed E-state index contributed by atoms with van der Waals surface area (Å²) >= 11 is 4.04. The molecule has 320 valence electrons. The number of esters is 1.